The minimum absolute atomic E-state index is 0.862. The summed E-state index contributed by atoms with van der Waals surface area (Å²) in [5.74, 6) is 0. The number of nitrogens with zero attached hydrogens (tertiary/aromatic N) is 2. The van der Waals surface area contributed by atoms with Gasteiger partial charge < -0.3 is 0 Å². The first-order chi connectivity index (χ1) is 6.90. The van der Waals surface area contributed by atoms with Gasteiger partial charge in [0.25, 0.3) is 0 Å². The van der Waals surface area contributed by atoms with Gasteiger partial charge in [-0.25, -0.2) is 0 Å². The predicted octanol–water partition coefficient (Wildman–Crippen LogP) is 3.04. The maximum Gasteiger partial charge on any atom is 0.0885 e. The van der Waals surface area contributed by atoms with Gasteiger partial charge in [0.05, 0.1) is 11.9 Å². The summed E-state index contributed by atoms with van der Waals surface area (Å²) in [6.45, 7) is 0. The van der Waals surface area contributed by atoms with E-state index < -0.39 is 0 Å². The third-order valence-corrected chi connectivity index (χ3v) is 2.59. The summed E-state index contributed by atoms with van der Waals surface area (Å²) in [6, 6.07) is 8.25. The van der Waals surface area contributed by atoms with Gasteiger partial charge in [-0.1, -0.05) is 34.1 Å². The van der Waals surface area contributed by atoms with Crippen LogP contribution in [0.25, 0.3) is 11.3 Å². The fourth-order valence-electron chi connectivity index (χ4n) is 1.26. The molecule has 0 radical (unpaired) electrons. The molecule has 3 heteroatoms. The molecule has 0 saturated heterocycles. The lowest BCUT2D eigenvalue weighted by Gasteiger charge is -2.01. The zero-order valence-electron chi connectivity index (χ0n) is 7.52. The van der Waals surface area contributed by atoms with Crippen molar-refractivity contribution in [3.05, 3.63) is 48.4 Å². The number of benzene rings is 1. The maximum absolute atomic E-state index is 4.25. The van der Waals surface area contributed by atoms with Crippen LogP contribution >= 0.6 is 15.9 Å². The Morgan fingerprint density at radius 3 is 2.86 bits per heavy atom. The molecule has 70 valence electrons. The van der Waals surface area contributed by atoms with Crippen molar-refractivity contribution < 1.29 is 0 Å². The number of halogens is 1. The molecule has 1 heterocycles. The minimum atomic E-state index is 0.862. The number of hydrogen-bond acceptors (Lipinski definition) is 2. The van der Waals surface area contributed by atoms with Gasteiger partial charge >= 0.3 is 0 Å². The first-order valence-corrected chi connectivity index (χ1v) is 5.43. The molecule has 0 aliphatic heterocycles. The lowest BCUT2D eigenvalue weighted by molar-refractivity contribution is 1.20. The van der Waals surface area contributed by atoms with Gasteiger partial charge in [0.15, 0.2) is 0 Å². The highest BCUT2D eigenvalue weighted by molar-refractivity contribution is 9.08. The van der Waals surface area contributed by atoms with Crippen molar-refractivity contribution >= 4 is 15.9 Å². The summed E-state index contributed by atoms with van der Waals surface area (Å²) in [5, 5.41) is 0.862. The highest BCUT2D eigenvalue weighted by Gasteiger charge is 1.98. The monoisotopic (exact) mass is 248 g/mol. The van der Waals surface area contributed by atoms with Crippen LogP contribution in [0.2, 0.25) is 0 Å². The third-order valence-electron chi connectivity index (χ3n) is 1.94. The van der Waals surface area contributed by atoms with Crippen LogP contribution < -0.4 is 0 Å². The van der Waals surface area contributed by atoms with E-state index in [-0.39, 0.29) is 0 Å². The lowest BCUT2D eigenvalue weighted by Crippen LogP contribution is -1.85. The standard InChI is InChI=1S/C11H9BrN2/c12-7-9-2-1-3-10(6-9)11-8-13-4-5-14-11/h1-6,8H,7H2. The highest BCUT2D eigenvalue weighted by atomic mass is 79.9. The van der Waals surface area contributed by atoms with Gasteiger partial charge in [0, 0.05) is 23.3 Å². The van der Waals surface area contributed by atoms with Crippen LogP contribution in [0.15, 0.2) is 42.9 Å². The Bertz CT molecular complexity index is 415. The average molecular weight is 249 g/mol. The van der Waals surface area contributed by atoms with E-state index in [1.54, 1.807) is 18.6 Å². The summed E-state index contributed by atoms with van der Waals surface area (Å²) in [6.07, 6.45) is 5.15. The number of rotatable bonds is 2. The molecule has 0 amide bonds. The Labute approximate surface area is 91.2 Å². The van der Waals surface area contributed by atoms with Crippen molar-refractivity contribution in [2.45, 2.75) is 5.33 Å². The predicted molar refractivity (Wildman–Crippen MR) is 60.1 cm³/mol. The summed E-state index contributed by atoms with van der Waals surface area (Å²) < 4.78 is 0. The number of hydrogen-bond donors (Lipinski definition) is 0. The van der Waals surface area contributed by atoms with E-state index in [4.69, 9.17) is 0 Å². The molecular formula is C11H9BrN2. The molecule has 0 bridgehead atoms. The first-order valence-electron chi connectivity index (χ1n) is 4.31. The van der Waals surface area contributed by atoms with Gasteiger partial charge in [-0.15, -0.1) is 0 Å². The van der Waals surface area contributed by atoms with Gasteiger partial charge in [0.1, 0.15) is 0 Å². The average Bonchev–Trinajstić information content (AvgIpc) is 2.30. The molecular weight excluding hydrogens is 240 g/mol. The second-order valence-corrected chi connectivity index (χ2v) is 3.49. The molecule has 0 aliphatic rings. The molecule has 0 spiro atoms. The van der Waals surface area contributed by atoms with Crippen LogP contribution in [0.4, 0.5) is 0 Å². The Hall–Kier alpha value is -1.22. The largest absolute Gasteiger partial charge is 0.261 e. The maximum atomic E-state index is 4.25. The fraction of sp³-hybridized carbons (Fsp3) is 0.0909. The summed E-state index contributed by atoms with van der Waals surface area (Å²) in [4.78, 5) is 8.29. The molecule has 2 nitrogen and oxygen atoms in total. The quantitative estimate of drug-likeness (QED) is 0.764. The topological polar surface area (TPSA) is 25.8 Å². The molecule has 14 heavy (non-hydrogen) atoms. The van der Waals surface area contributed by atoms with Gasteiger partial charge in [-0.2, -0.15) is 0 Å². The van der Waals surface area contributed by atoms with Crippen molar-refractivity contribution in [1.82, 2.24) is 9.97 Å². The number of alkyl halides is 1. The van der Waals surface area contributed by atoms with Crippen LogP contribution in [-0.2, 0) is 5.33 Å². The summed E-state index contributed by atoms with van der Waals surface area (Å²) in [7, 11) is 0. The van der Waals surface area contributed by atoms with E-state index in [1.165, 1.54) is 5.56 Å². The fourth-order valence-corrected chi connectivity index (χ4v) is 1.61. The molecule has 2 aromatic rings. The van der Waals surface area contributed by atoms with Crippen LogP contribution in [0.5, 0.6) is 0 Å². The van der Waals surface area contributed by atoms with E-state index in [9.17, 15) is 0 Å². The second-order valence-electron chi connectivity index (χ2n) is 2.92. The molecule has 0 unspecified atom stereocenters. The molecule has 2 rings (SSSR count). The normalized spacial score (nSPS) is 10.1. The molecule has 1 aromatic carbocycles. The van der Waals surface area contributed by atoms with E-state index in [0.29, 0.717) is 0 Å². The molecule has 1 aromatic heterocycles. The smallest absolute Gasteiger partial charge is 0.0885 e. The van der Waals surface area contributed by atoms with E-state index in [2.05, 4.69) is 38.0 Å². The Kier molecular flexibility index (Phi) is 2.89. The molecule has 0 fully saturated rings. The van der Waals surface area contributed by atoms with Crippen molar-refractivity contribution in [3.8, 4) is 11.3 Å². The molecule has 0 N–H and O–H groups in total. The summed E-state index contributed by atoms with van der Waals surface area (Å²) >= 11 is 3.43. The zero-order valence-corrected chi connectivity index (χ0v) is 9.11. The van der Waals surface area contributed by atoms with Crippen LogP contribution in [0, 0.1) is 0 Å². The van der Waals surface area contributed by atoms with Crippen molar-refractivity contribution in [1.29, 1.82) is 0 Å². The zero-order chi connectivity index (χ0) is 9.80. The van der Waals surface area contributed by atoms with Gasteiger partial charge in [0.2, 0.25) is 0 Å². The molecule has 0 atom stereocenters. The Morgan fingerprint density at radius 2 is 2.14 bits per heavy atom. The lowest BCUT2D eigenvalue weighted by atomic mass is 10.1. The molecule has 0 saturated carbocycles. The number of aromatic nitrogens is 2. The van der Waals surface area contributed by atoms with Crippen LogP contribution in [-0.4, -0.2) is 9.97 Å². The van der Waals surface area contributed by atoms with Crippen molar-refractivity contribution in [2.75, 3.05) is 0 Å². The van der Waals surface area contributed by atoms with Gasteiger partial charge in [-0.05, 0) is 11.6 Å². The van der Waals surface area contributed by atoms with E-state index in [1.807, 2.05) is 12.1 Å². The Balaban J connectivity index is 2.42. The SMILES string of the molecule is BrCc1cccc(-c2cnccn2)c1. The first kappa shape index (κ1) is 9.34. The van der Waals surface area contributed by atoms with E-state index in [0.717, 1.165) is 16.6 Å². The Morgan fingerprint density at radius 1 is 1.21 bits per heavy atom. The third kappa shape index (κ3) is 1.99. The highest BCUT2D eigenvalue weighted by Crippen LogP contribution is 2.17. The van der Waals surface area contributed by atoms with Gasteiger partial charge in [-0.3, -0.25) is 9.97 Å². The minimum Gasteiger partial charge on any atom is -0.261 e. The van der Waals surface area contributed by atoms with Crippen LogP contribution in [0.1, 0.15) is 5.56 Å². The second kappa shape index (κ2) is 4.33. The molecule has 0 aliphatic carbocycles. The van der Waals surface area contributed by atoms with Crippen molar-refractivity contribution in [3.63, 3.8) is 0 Å². The van der Waals surface area contributed by atoms with E-state index >= 15 is 0 Å². The summed E-state index contributed by atoms with van der Waals surface area (Å²) in [5.41, 5.74) is 3.26. The van der Waals surface area contributed by atoms with Crippen molar-refractivity contribution in [2.24, 2.45) is 0 Å². The van der Waals surface area contributed by atoms with Crippen LogP contribution in [0.3, 0.4) is 0 Å².